The predicted molar refractivity (Wildman–Crippen MR) is 116 cm³/mol. The van der Waals surface area contributed by atoms with Gasteiger partial charge in [0.25, 0.3) is 5.91 Å². The molecule has 0 N–H and O–H groups in total. The van der Waals surface area contributed by atoms with Gasteiger partial charge in [-0.05, 0) is 61.7 Å². The minimum absolute atomic E-state index is 0.00134. The summed E-state index contributed by atoms with van der Waals surface area (Å²) >= 11 is 0. The molecule has 2 saturated heterocycles. The van der Waals surface area contributed by atoms with E-state index in [9.17, 15) is 13.2 Å². The third-order valence-electron chi connectivity index (χ3n) is 5.77. The topological polar surface area (TPSA) is 60.9 Å². The van der Waals surface area contributed by atoms with Gasteiger partial charge < -0.3 is 9.80 Å². The number of carbonyl (C=O) groups is 1. The number of rotatable bonds is 3. The number of nitrogens with zero attached hydrogens (tertiary/aromatic N) is 3. The van der Waals surface area contributed by atoms with Gasteiger partial charge in [0.05, 0.1) is 11.4 Å². The molecular formula is C22H27N3O3S. The second-order valence-corrected chi connectivity index (χ2v) is 9.87. The summed E-state index contributed by atoms with van der Waals surface area (Å²) in [7, 11) is -3.20. The molecule has 0 aliphatic carbocycles. The molecule has 0 atom stereocenters. The molecule has 6 nitrogen and oxygen atoms in total. The van der Waals surface area contributed by atoms with Gasteiger partial charge in [0.2, 0.25) is 10.0 Å². The first-order valence-corrected chi connectivity index (χ1v) is 11.7. The van der Waals surface area contributed by atoms with Crippen LogP contribution in [0.2, 0.25) is 0 Å². The molecule has 2 fully saturated rings. The third-order valence-corrected chi connectivity index (χ3v) is 7.64. The first kappa shape index (κ1) is 19.8. The van der Waals surface area contributed by atoms with Crippen LogP contribution in [0.5, 0.6) is 0 Å². The fraction of sp³-hybridized carbons (Fsp3) is 0.409. The van der Waals surface area contributed by atoms with E-state index in [-0.39, 0.29) is 11.7 Å². The van der Waals surface area contributed by atoms with Gasteiger partial charge in [0.1, 0.15) is 0 Å². The van der Waals surface area contributed by atoms with E-state index in [0.29, 0.717) is 37.3 Å². The largest absolute Gasteiger partial charge is 0.368 e. The predicted octanol–water partition coefficient (Wildman–Crippen LogP) is 2.81. The van der Waals surface area contributed by atoms with Crippen molar-refractivity contribution in [2.45, 2.75) is 20.3 Å². The van der Waals surface area contributed by atoms with Crippen LogP contribution in [0.3, 0.4) is 0 Å². The normalized spacial score (nSPS) is 18.9. The van der Waals surface area contributed by atoms with E-state index in [0.717, 1.165) is 13.1 Å². The minimum atomic E-state index is -3.20. The Balaban J connectivity index is 1.41. The van der Waals surface area contributed by atoms with Crippen LogP contribution in [0.15, 0.2) is 42.5 Å². The number of piperazine rings is 1. The molecule has 1 amide bonds. The average molecular weight is 414 g/mol. The zero-order chi connectivity index (χ0) is 20.6. The molecule has 0 bridgehead atoms. The van der Waals surface area contributed by atoms with Crippen LogP contribution in [0.1, 0.15) is 27.9 Å². The number of aryl methyl sites for hydroxylation is 2. The van der Waals surface area contributed by atoms with E-state index in [1.54, 1.807) is 24.3 Å². The molecule has 29 heavy (non-hydrogen) atoms. The summed E-state index contributed by atoms with van der Waals surface area (Å²) in [4.78, 5) is 17.1. The Morgan fingerprint density at radius 3 is 2.21 bits per heavy atom. The third kappa shape index (κ3) is 3.96. The molecule has 2 aliphatic rings. The van der Waals surface area contributed by atoms with Crippen molar-refractivity contribution in [2.75, 3.05) is 47.7 Å². The van der Waals surface area contributed by atoms with E-state index in [1.807, 2.05) is 4.90 Å². The fourth-order valence-electron chi connectivity index (χ4n) is 4.09. The molecule has 0 spiro atoms. The highest BCUT2D eigenvalue weighted by molar-refractivity contribution is 7.93. The van der Waals surface area contributed by atoms with E-state index in [2.05, 4.69) is 36.9 Å². The Morgan fingerprint density at radius 1 is 0.897 bits per heavy atom. The Kier molecular flexibility index (Phi) is 5.25. The molecule has 2 aliphatic heterocycles. The molecule has 0 radical (unpaired) electrons. The molecule has 2 aromatic rings. The first-order valence-electron chi connectivity index (χ1n) is 10.1. The number of amides is 1. The molecule has 4 rings (SSSR count). The summed E-state index contributed by atoms with van der Waals surface area (Å²) in [5, 5.41) is 0. The molecule has 154 valence electrons. The van der Waals surface area contributed by atoms with Gasteiger partial charge in [-0.3, -0.25) is 9.10 Å². The van der Waals surface area contributed by atoms with Gasteiger partial charge in [-0.15, -0.1) is 0 Å². The maximum absolute atomic E-state index is 12.9. The molecule has 0 saturated carbocycles. The minimum Gasteiger partial charge on any atom is -0.368 e. The monoisotopic (exact) mass is 413 g/mol. The van der Waals surface area contributed by atoms with Crippen LogP contribution in [-0.4, -0.2) is 57.7 Å². The number of anilines is 2. The lowest BCUT2D eigenvalue weighted by atomic mass is 10.1. The van der Waals surface area contributed by atoms with E-state index in [1.165, 1.54) is 21.1 Å². The highest BCUT2D eigenvalue weighted by atomic mass is 32.2. The number of sulfonamides is 1. The van der Waals surface area contributed by atoms with Crippen LogP contribution in [0, 0.1) is 13.8 Å². The SMILES string of the molecule is Cc1ccc(C)c(N2CCN(C(=O)c3ccc(N4CCCS4(=O)=O)cc3)CC2)c1. The van der Waals surface area contributed by atoms with Crippen LogP contribution < -0.4 is 9.21 Å². The lowest BCUT2D eigenvalue weighted by Crippen LogP contribution is -2.49. The maximum atomic E-state index is 12.9. The lowest BCUT2D eigenvalue weighted by Gasteiger charge is -2.37. The molecule has 7 heteroatoms. The maximum Gasteiger partial charge on any atom is 0.253 e. The van der Waals surface area contributed by atoms with Crippen molar-refractivity contribution < 1.29 is 13.2 Å². The lowest BCUT2D eigenvalue weighted by molar-refractivity contribution is 0.0747. The summed E-state index contributed by atoms with van der Waals surface area (Å²) in [6.07, 6.45) is 0.647. The Labute approximate surface area is 172 Å². The fourth-order valence-corrected chi connectivity index (χ4v) is 5.66. The summed E-state index contributed by atoms with van der Waals surface area (Å²) < 4.78 is 25.6. The smallest absolute Gasteiger partial charge is 0.253 e. The zero-order valence-corrected chi connectivity index (χ0v) is 17.8. The van der Waals surface area contributed by atoms with Gasteiger partial charge in [0, 0.05) is 44.0 Å². The molecule has 2 heterocycles. The van der Waals surface area contributed by atoms with Crippen LogP contribution >= 0.6 is 0 Å². The van der Waals surface area contributed by atoms with Crippen molar-refractivity contribution in [2.24, 2.45) is 0 Å². The second-order valence-electron chi connectivity index (χ2n) is 7.86. The molecule has 2 aromatic carbocycles. The van der Waals surface area contributed by atoms with Gasteiger partial charge in [-0.2, -0.15) is 0 Å². The second kappa shape index (κ2) is 7.71. The van der Waals surface area contributed by atoms with Crippen LogP contribution in [0.4, 0.5) is 11.4 Å². The summed E-state index contributed by atoms with van der Waals surface area (Å²) in [5.41, 5.74) is 4.98. The van der Waals surface area contributed by atoms with Crippen molar-refractivity contribution in [1.29, 1.82) is 0 Å². The molecule has 0 aromatic heterocycles. The number of benzene rings is 2. The summed E-state index contributed by atoms with van der Waals surface area (Å²) in [5.74, 6) is 0.194. The van der Waals surface area contributed by atoms with Crippen LogP contribution in [-0.2, 0) is 10.0 Å². The van der Waals surface area contributed by atoms with Gasteiger partial charge in [0.15, 0.2) is 0 Å². The van der Waals surface area contributed by atoms with Crippen molar-refractivity contribution in [3.8, 4) is 0 Å². The van der Waals surface area contributed by atoms with Crippen molar-refractivity contribution in [3.63, 3.8) is 0 Å². The highest BCUT2D eigenvalue weighted by Crippen LogP contribution is 2.26. The van der Waals surface area contributed by atoms with Crippen molar-refractivity contribution in [3.05, 3.63) is 59.2 Å². The molecular weight excluding hydrogens is 386 g/mol. The molecule has 0 unspecified atom stereocenters. The zero-order valence-electron chi connectivity index (χ0n) is 17.0. The summed E-state index contributed by atoms with van der Waals surface area (Å²) in [6, 6.07) is 13.4. The number of hydrogen-bond donors (Lipinski definition) is 0. The van der Waals surface area contributed by atoms with Crippen molar-refractivity contribution in [1.82, 2.24) is 4.90 Å². The van der Waals surface area contributed by atoms with E-state index in [4.69, 9.17) is 0 Å². The standard InChI is InChI=1S/C22H27N3O3S/c1-17-4-5-18(2)21(16-17)23-11-13-24(14-12-23)22(26)19-6-8-20(9-7-19)25-10-3-15-29(25,27)28/h4-9,16H,3,10-15H2,1-2H3. The van der Waals surface area contributed by atoms with Crippen molar-refractivity contribution >= 4 is 27.3 Å². The Morgan fingerprint density at radius 2 is 1.59 bits per heavy atom. The van der Waals surface area contributed by atoms with Gasteiger partial charge in [-0.25, -0.2) is 8.42 Å². The Bertz CT molecular complexity index is 1010. The first-order chi connectivity index (χ1) is 13.8. The Hall–Kier alpha value is -2.54. The van der Waals surface area contributed by atoms with Gasteiger partial charge >= 0.3 is 0 Å². The summed E-state index contributed by atoms with van der Waals surface area (Å²) in [6.45, 7) is 7.69. The number of hydrogen-bond acceptors (Lipinski definition) is 4. The van der Waals surface area contributed by atoms with Crippen LogP contribution in [0.25, 0.3) is 0 Å². The quantitative estimate of drug-likeness (QED) is 0.776. The van der Waals surface area contributed by atoms with E-state index >= 15 is 0 Å². The highest BCUT2D eigenvalue weighted by Gasteiger charge is 2.29. The van der Waals surface area contributed by atoms with Gasteiger partial charge in [-0.1, -0.05) is 12.1 Å². The number of carbonyl (C=O) groups excluding carboxylic acids is 1. The van der Waals surface area contributed by atoms with E-state index < -0.39 is 10.0 Å². The average Bonchev–Trinajstić information content (AvgIpc) is 3.08.